The minimum absolute atomic E-state index is 0.00781. The van der Waals surface area contributed by atoms with Crippen molar-refractivity contribution in [1.29, 1.82) is 0 Å². The van der Waals surface area contributed by atoms with E-state index in [9.17, 15) is 4.79 Å². The van der Waals surface area contributed by atoms with E-state index in [0.29, 0.717) is 12.6 Å². The van der Waals surface area contributed by atoms with Crippen LogP contribution in [-0.2, 0) is 0 Å². The van der Waals surface area contributed by atoms with Crippen molar-refractivity contribution in [3.8, 4) is 0 Å². The molecule has 100 valence electrons. The molecule has 0 saturated heterocycles. The molecule has 3 N–H and O–H groups in total. The highest BCUT2D eigenvalue weighted by Crippen LogP contribution is 2.19. The maximum Gasteiger partial charge on any atom is 0.317 e. The van der Waals surface area contributed by atoms with Gasteiger partial charge in [0.05, 0.1) is 0 Å². The van der Waals surface area contributed by atoms with Crippen LogP contribution < -0.4 is 11.1 Å². The van der Waals surface area contributed by atoms with Crippen molar-refractivity contribution in [1.82, 2.24) is 10.2 Å². The van der Waals surface area contributed by atoms with Gasteiger partial charge in [-0.1, -0.05) is 20.8 Å². The summed E-state index contributed by atoms with van der Waals surface area (Å²) in [5.41, 5.74) is 5.72. The maximum atomic E-state index is 12.1. The Bertz CT molecular complexity index is 249. The summed E-state index contributed by atoms with van der Waals surface area (Å²) in [6.07, 6.45) is 4.49. The first kappa shape index (κ1) is 14.3. The van der Waals surface area contributed by atoms with E-state index in [1.165, 1.54) is 6.42 Å². The first-order valence-corrected chi connectivity index (χ1v) is 6.74. The molecule has 0 heterocycles. The van der Waals surface area contributed by atoms with Gasteiger partial charge in [0.25, 0.3) is 0 Å². The Morgan fingerprint density at radius 1 is 1.47 bits per heavy atom. The Kier molecular flexibility index (Phi) is 5.25. The van der Waals surface area contributed by atoms with E-state index in [2.05, 4.69) is 26.1 Å². The molecule has 0 aromatic rings. The van der Waals surface area contributed by atoms with Crippen molar-refractivity contribution in [2.75, 3.05) is 19.6 Å². The Labute approximate surface area is 105 Å². The van der Waals surface area contributed by atoms with Crippen molar-refractivity contribution < 1.29 is 4.79 Å². The lowest BCUT2D eigenvalue weighted by molar-refractivity contribution is 0.161. The molecule has 0 aliphatic heterocycles. The molecule has 2 amide bonds. The van der Waals surface area contributed by atoms with Gasteiger partial charge in [0.1, 0.15) is 0 Å². The van der Waals surface area contributed by atoms with Crippen LogP contribution in [0.3, 0.4) is 0 Å². The van der Waals surface area contributed by atoms with Crippen LogP contribution in [0.4, 0.5) is 4.79 Å². The van der Waals surface area contributed by atoms with E-state index in [-0.39, 0.29) is 11.4 Å². The molecule has 1 aliphatic rings. The van der Waals surface area contributed by atoms with Gasteiger partial charge in [-0.3, -0.25) is 0 Å². The number of carbonyl (C=O) groups is 1. The summed E-state index contributed by atoms with van der Waals surface area (Å²) in [6, 6.07) is 0.487. The molecule has 1 aliphatic carbocycles. The third-order valence-corrected chi connectivity index (χ3v) is 3.38. The molecule has 0 bridgehead atoms. The fraction of sp³-hybridized carbons (Fsp3) is 0.923. The molecule has 1 saturated carbocycles. The van der Waals surface area contributed by atoms with Crippen molar-refractivity contribution in [2.24, 2.45) is 11.1 Å². The zero-order valence-corrected chi connectivity index (χ0v) is 11.5. The smallest absolute Gasteiger partial charge is 0.317 e. The van der Waals surface area contributed by atoms with Crippen LogP contribution in [0, 0.1) is 5.41 Å². The van der Waals surface area contributed by atoms with Gasteiger partial charge in [-0.15, -0.1) is 0 Å². The van der Waals surface area contributed by atoms with E-state index < -0.39 is 0 Å². The third kappa shape index (κ3) is 4.54. The summed E-state index contributed by atoms with van der Waals surface area (Å²) in [7, 11) is 0. The molecule has 0 atom stereocenters. The van der Waals surface area contributed by atoms with Gasteiger partial charge in [0.2, 0.25) is 0 Å². The Morgan fingerprint density at radius 3 is 2.53 bits per heavy atom. The lowest BCUT2D eigenvalue weighted by Crippen LogP contribution is -2.50. The second kappa shape index (κ2) is 6.24. The van der Waals surface area contributed by atoms with Gasteiger partial charge < -0.3 is 16.0 Å². The first-order chi connectivity index (χ1) is 7.98. The van der Waals surface area contributed by atoms with Crippen molar-refractivity contribution >= 4 is 6.03 Å². The first-order valence-electron chi connectivity index (χ1n) is 6.74. The van der Waals surface area contributed by atoms with E-state index in [1.807, 2.05) is 4.90 Å². The maximum absolute atomic E-state index is 12.1. The Morgan fingerprint density at radius 2 is 2.12 bits per heavy atom. The SMILES string of the molecule is CCCN(CC(C)(C)CN)C(=O)NC1CCC1. The molecule has 0 aromatic carbocycles. The Balaban J connectivity index is 2.47. The van der Waals surface area contributed by atoms with Gasteiger partial charge >= 0.3 is 6.03 Å². The second-order valence-corrected chi connectivity index (χ2v) is 5.87. The van der Waals surface area contributed by atoms with Crippen LogP contribution in [0.5, 0.6) is 0 Å². The van der Waals surface area contributed by atoms with Crippen molar-refractivity contribution in [2.45, 2.75) is 52.5 Å². The predicted octanol–water partition coefficient (Wildman–Crippen LogP) is 1.95. The van der Waals surface area contributed by atoms with Crippen LogP contribution in [0.2, 0.25) is 0 Å². The molecule has 1 rings (SSSR count). The normalized spacial score (nSPS) is 16.5. The van der Waals surface area contributed by atoms with E-state index in [4.69, 9.17) is 5.73 Å². The molecule has 0 unspecified atom stereocenters. The average molecular weight is 241 g/mol. The van der Waals surface area contributed by atoms with Gasteiger partial charge in [0.15, 0.2) is 0 Å². The molecule has 4 heteroatoms. The molecule has 0 aromatic heterocycles. The second-order valence-electron chi connectivity index (χ2n) is 5.87. The van der Waals surface area contributed by atoms with Crippen LogP contribution in [0.1, 0.15) is 46.5 Å². The van der Waals surface area contributed by atoms with Gasteiger partial charge in [-0.25, -0.2) is 4.79 Å². The standard InChI is InChI=1S/C13H27N3O/c1-4-8-16(10-13(2,3)9-14)12(17)15-11-6-5-7-11/h11H,4-10,14H2,1-3H3,(H,15,17). The lowest BCUT2D eigenvalue weighted by atomic mass is 9.92. The number of hydrogen-bond acceptors (Lipinski definition) is 2. The zero-order chi connectivity index (χ0) is 12.9. The molecule has 1 fully saturated rings. The fourth-order valence-electron chi connectivity index (χ4n) is 1.92. The highest BCUT2D eigenvalue weighted by molar-refractivity contribution is 5.74. The number of rotatable bonds is 6. The summed E-state index contributed by atoms with van der Waals surface area (Å²) in [4.78, 5) is 14.0. The van der Waals surface area contributed by atoms with Gasteiger partial charge in [-0.05, 0) is 37.6 Å². The zero-order valence-electron chi connectivity index (χ0n) is 11.5. The largest absolute Gasteiger partial charge is 0.335 e. The quantitative estimate of drug-likeness (QED) is 0.746. The Hall–Kier alpha value is -0.770. The monoisotopic (exact) mass is 241 g/mol. The number of amides is 2. The summed E-state index contributed by atoms with van der Waals surface area (Å²) >= 11 is 0. The summed E-state index contributed by atoms with van der Waals surface area (Å²) < 4.78 is 0. The molecule has 4 nitrogen and oxygen atoms in total. The van der Waals surface area contributed by atoms with E-state index >= 15 is 0 Å². The van der Waals surface area contributed by atoms with Crippen LogP contribution in [0.25, 0.3) is 0 Å². The number of hydrogen-bond donors (Lipinski definition) is 2. The molecule has 17 heavy (non-hydrogen) atoms. The predicted molar refractivity (Wildman–Crippen MR) is 70.9 cm³/mol. The fourth-order valence-corrected chi connectivity index (χ4v) is 1.92. The summed E-state index contributed by atoms with van der Waals surface area (Å²) in [5.74, 6) is 0. The van der Waals surface area contributed by atoms with Crippen LogP contribution in [-0.4, -0.2) is 36.6 Å². The number of carbonyl (C=O) groups excluding carboxylic acids is 1. The highest BCUT2D eigenvalue weighted by Gasteiger charge is 2.26. The van der Waals surface area contributed by atoms with Crippen LogP contribution in [0.15, 0.2) is 0 Å². The third-order valence-electron chi connectivity index (χ3n) is 3.38. The number of nitrogens with two attached hydrogens (primary N) is 1. The van der Waals surface area contributed by atoms with Crippen molar-refractivity contribution in [3.63, 3.8) is 0 Å². The number of nitrogens with zero attached hydrogens (tertiary/aromatic N) is 1. The molecule has 0 spiro atoms. The van der Waals surface area contributed by atoms with Crippen LogP contribution >= 0.6 is 0 Å². The van der Waals surface area contributed by atoms with Gasteiger partial charge in [-0.2, -0.15) is 0 Å². The minimum Gasteiger partial charge on any atom is -0.335 e. The summed E-state index contributed by atoms with van der Waals surface area (Å²) in [5, 5.41) is 3.09. The number of urea groups is 1. The molecule has 0 radical (unpaired) electrons. The van der Waals surface area contributed by atoms with Gasteiger partial charge in [0, 0.05) is 19.1 Å². The lowest BCUT2D eigenvalue weighted by Gasteiger charge is -2.34. The number of nitrogens with one attached hydrogen (secondary N) is 1. The highest BCUT2D eigenvalue weighted by atomic mass is 16.2. The van der Waals surface area contributed by atoms with E-state index in [1.54, 1.807) is 0 Å². The topological polar surface area (TPSA) is 58.4 Å². The summed E-state index contributed by atoms with van der Waals surface area (Å²) in [6.45, 7) is 8.44. The van der Waals surface area contributed by atoms with E-state index in [0.717, 1.165) is 32.4 Å². The minimum atomic E-state index is -0.00781. The molecular weight excluding hydrogens is 214 g/mol. The average Bonchev–Trinajstić information content (AvgIpc) is 2.22. The van der Waals surface area contributed by atoms with Crippen molar-refractivity contribution in [3.05, 3.63) is 0 Å². The molecular formula is C13H27N3O.